The highest BCUT2D eigenvalue weighted by atomic mass is 32.1. The number of methoxy groups -OCH3 is 1. The van der Waals surface area contributed by atoms with Crippen molar-refractivity contribution in [3.05, 3.63) is 81.6 Å². The third-order valence-corrected chi connectivity index (χ3v) is 5.13. The summed E-state index contributed by atoms with van der Waals surface area (Å²) in [6.45, 7) is 0.426. The second-order valence-corrected chi connectivity index (χ2v) is 7.35. The lowest BCUT2D eigenvalue weighted by molar-refractivity contribution is -0.121. The molecule has 27 heavy (non-hydrogen) atoms. The van der Waals surface area contributed by atoms with Crippen molar-refractivity contribution in [2.24, 2.45) is 0 Å². The van der Waals surface area contributed by atoms with E-state index in [1.165, 1.54) is 12.1 Å². The number of carbonyl (C=O) groups is 1. The molecule has 1 heterocycles. The van der Waals surface area contributed by atoms with Crippen molar-refractivity contribution in [1.82, 2.24) is 10.3 Å². The van der Waals surface area contributed by atoms with Crippen molar-refractivity contribution in [2.45, 2.75) is 25.8 Å². The summed E-state index contributed by atoms with van der Waals surface area (Å²) >= 11 is 1.56. The second-order valence-electron chi connectivity index (χ2n) is 6.15. The number of rotatable bonds is 8. The number of ether oxygens (including phenoxy) is 1. The third-order valence-electron chi connectivity index (χ3n) is 4.13. The van der Waals surface area contributed by atoms with Crippen LogP contribution in [0.15, 0.2) is 54.7 Å². The summed E-state index contributed by atoms with van der Waals surface area (Å²) < 4.78 is 18.1. The number of amides is 1. The molecule has 140 valence electrons. The Kier molecular flexibility index (Phi) is 6.54. The van der Waals surface area contributed by atoms with Gasteiger partial charge in [-0.1, -0.05) is 24.3 Å². The number of aryl methyl sites for hydroxylation is 1. The van der Waals surface area contributed by atoms with Gasteiger partial charge in [0.25, 0.3) is 0 Å². The average Bonchev–Trinajstić information content (AvgIpc) is 3.14. The maximum Gasteiger partial charge on any atom is 0.220 e. The van der Waals surface area contributed by atoms with Gasteiger partial charge < -0.3 is 10.1 Å². The van der Waals surface area contributed by atoms with Crippen LogP contribution in [0.3, 0.4) is 0 Å². The first-order valence-electron chi connectivity index (χ1n) is 8.70. The van der Waals surface area contributed by atoms with E-state index < -0.39 is 0 Å². The molecule has 0 saturated heterocycles. The van der Waals surface area contributed by atoms with Gasteiger partial charge in [0.2, 0.25) is 5.91 Å². The van der Waals surface area contributed by atoms with Crippen molar-refractivity contribution >= 4 is 17.2 Å². The Hall–Kier alpha value is -2.73. The van der Waals surface area contributed by atoms with E-state index in [2.05, 4.69) is 10.3 Å². The molecule has 0 saturated carbocycles. The minimum Gasteiger partial charge on any atom is -0.497 e. The predicted octanol–water partition coefficient (Wildman–Crippen LogP) is 4.13. The molecule has 0 aliphatic rings. The molecule has 0 unspecified atom stereocenters. The molecule has 0 aliphatic heterocycles. The largest absolute Gasteiger partial charge is 0.497 e. The van der Waals surface area contributed by atoms with E-state index in [0.717, 1.165) is 26.8 Å². The maximum absolute atomic E-state index is 13.0. The molecule has 0 atom stereocenters. The summed E-state index contributed by atoms with van der Waals surface area (Å²) in [6, 6.07) is 14.2. The van der Waals surface area contributed by atoms with Gasteiger partial charge in [0, 0.05) is 23.9 Å². The number of nitrogens with one attached hydrogen (secondary N) is 1. The highest BCUT2D eigenvalue weighted by molar-refractivity contribution is 7.11. The fourth-order valence-corrected chi connectivity index (χ4v) is 3.52. The fraction of sp³-hybridized carbons (Fsp3) is 0.238. The van der Waals surface area contributed by atoms with Crippen LogP contribution < -0.4 is 10.1 Å². The maximum atomic E-state index is 13.0. The second kappa shape index (κ2) is 9.28. The van der Waals surface area contributed by atoms with E-state index >= 15 is 0 Å². The van der Waals surface area contributed by atoms with Crippen LogP contribution in [-0.2, 0) is 24.2 Å². The summed E-state index contributed by atoms with van der Waals surface area (Å²) in [7, 11) is 1.63. The van der Waals surface area contributed by atoms with Gasteiger partial charge in [0.1, 0.15) is 16.6 Å². The van der Waals surface area contributed by atoms with E-state index in [1.54, 1.807) is 30.6 Å². The lowest BCUT2D eigenvalue weighted by Gasteiger charge is -2.05. The zero-order chi connectivity index (χ0) is 19.1. The number of thiazole rings is 1. The van der Waals surface area contributed by atoms with Crippen LogP contribution in [0.25, 0.3) is 0 Å². The predicted molar refractivity (Wildman–Crippen MR) is 104 cm³/mol. The third kappa shape index (κ3) is 5.89. The van der Waals surface area contributed by atoms with Gasteiger partial charge in [-0.25, -0.2) is 9.37 Å². The SMILES string of the molecule is COc1ccc(CCC(=O)NCc2ncc(Cc3ccc(F)cc3)s2)cc1. The summed E-state index contributed by atoms with van der Waals surface area (Å²) in [4.78, 5) is 17.5. The Morgan fingerprint density at radius 2 is 1.81 bits per heavy atom. The topological polar surface area (TPSA) is 51.2 Å². The molecule has 1 amide bonds. The van der Waals surface area contributed by atoms with Crippen LogP contribution in [0.5, 0.6) is 5.75 Å². The first-order valence-corrected chi connectivity index (χ1v) is 9.51. The Labute approximate surface area is 162 Å². The van der Waals surface area contributed by atoms with Crippen molar-refractivity contribution in [1.29, 1.82) is 0 Å². The van der Waals surface area contributed by atoms with Gasteiger partial charge in [0.15, 0.2) is 0 Å². The molecule has 1 N–H and O–H groups in total. The van der Waals surface area contributed by atoms with Crippen LogP contribution in [-0.4, -0.2) is 18.0 Å². The molecule has 4 nitrogen and oxygen atoms in total. The number of hydrogen-bond donors (Lipinski definition) is 1. The molecule has 2 aromatic carbocycles. The molecular formula is C21H21FN2O2S. The Balaban J connectivity index is 1.43. The van der Waals surface area contributed by atoms with E-state index in [0.29, 0.717) is 25.8 Å². The molecule has 6 heteroatoms. The van der Waals surface area contributed by atoms with E-state index in [9.17, 15) is 9.18 Å². The fourth-order valence-electron chi connectivity index (χ4n) is 2.63. The lowest BCUT2D eigenvalue weighted by Crippen LogP contribution is -2.22. The molecule has 0 radical (unpaired) electrons. The average molecular weight is 384 g/mol. The Morgan fingerprint density at radius 1 is 1.11 bits per heavy atom. The molecule has 3 aromatic rings. The van der Waals surface area contributed by atoms with Crippen LogP contribution in [0.2, 0.25) is 0 Å². The van der Waals surface area contributed by atoms with Crippen LogP contribution >= 0.6 is 11.3 Å². The normalized spacial score (nSPS) is 10.6. The quantitative estimate of drug-likeness (QED) is 0.635. The van der Waals surface area contributed by atoms with Crippen molar-refractivity contribution in [3.63, 3.8) is 0 Å². The molecule has 0 bridgehead atoms. The van der Waals surface area contributed by atoms with E-state index in [4.69, 9.17) is 4.74 Å². The van der Waals surface area contributed by atoms with Gasteiger partial charge in [-0.2, -0.15) is 0 Å². The number of aromatic nitrogens is 1. The van der Waals surface area contributed by atoms with Gasteiger partial charge in [-0.05, 0) is 41.8 Å². The monoisotopic (exact) mass is 384 g/mol. The van der Waals surface area contributed by atoms with Crippen molar-refractivity contribution in [3.8, 4) is 5.75 Å². The minimum absolute atomic E-state index is 0.00102. The number of benzene rings is 2. The number of nitrogens with zero attached hydrogens (tertiary/aromatic N) is 1. The standard InChI is InChI=1S/C21H21FN2O2S/c1-26-18-9-4-15(5-10-18)6-11-20(25)23-14-21-24-13-19(27-21)12-16-2-7-17(22)8-3-16/h2-5,7-10,13H,6,11-12,14H2,1H3,(H,23,25). The number of hydrogen-bond acceptors (Lipinski definition) is 4. The van der Waals surface area contributed by atoms with E-state index in [-0.39, 0.29) is 11.7 Å². The summed E-state index contributed by atoms with van der Waals surface area (Å²) in [5.74, 6) is 0.575. The van der Waals surface area contributed by atoms with Crippen LogP contribution in [0, 0.1) is 5.82 Å². The Bertz CT molecular complexity index is 876. The molecule has 0 fully saturated rings. The first-order chi connectivity index (χ1) is 13.1. The molecular weight excluding hydrogens is 363 g/mol. The van der Waals surface area contributed by atoms with Crippen LogP contribution in [0.1, 0.15) is 27.4 Å². The van der Waals surface area contributed by atoms with Crippen LogP contribution in [0.4, 0.5) is 4.39 Å². The molecule has 0 aliphatic carbocycles. The number of halogens is 1. The Morgan fingerprint density at radius 3 is 2.52 bits per heavy atom. The molecule has 0 spiro atoms. The summed E-state index contributed by atoms with van der Waals surface area (Å²) in [5.41, 5.74) is 2.14. The highest BCUT2D eigenvalue weighted by Gasteiger charge is 2.07. The van der Waals surface area contributed by atoms with Gasteiger partial charge in [-0.15, -0.1) is 11.3 Å². The zero-order valence-corrected chi connectivity index (χ0v) is 15.9. The smallest absolute Gasteiger partial charge is 0.220 e. The van der Waals surface area contributed by atoms with Crippen molar-refractivity contribution in [2.75, 3.05) is 7.11 Å². The van der Waals surface area contributed by atoms with Gasteiger partial charge in [0.05, 0.1) is 13.7 Å². The molecule has 3 rings (SSSR count). The summed E-state index contributed by atoms with van der Waals surface area (Å²) in [5, 5.41) is 3.78. The van der Waals surface area contributed by atoms with Gasteiger partial charge >= 0.3 is 0 Å². The first kappa shape index (κ1) is 19.0. The summed E-state index contributed by atoms with van der Waals surface area (Å²) in [6.07, 6.45) is 3.64. The van der Waals surface area contributed by atoms with Crippen molar-refractivity contribution < 1.29 is 13.9 Å². The van der Waals surface area contributed by atoms with E-state index in [1.807, 2.05) is 30.5 Å². The molecule has 1 aromatic heterocycles. The number of carbonyl (C=O) groups excluding carboxylic acids is 1. The van der Waals surface area contributed by atoms with Gasteiger partial charge in [-0.3, -0.25) is 4.79 Å². The lowest BCUT2D eigenvalue weighted by atomic mass is 10.1. The minimum atomic E-state index is -0.235. The zero-order valence-electron chi connectivity index (χ0n) is 15.1. The highest BCUT2D eigenvalue weighted by Crippen LogP contribution is 2.18.